The molecule has 0 aliphatic carbocycles. The molecule has 2 aliphatic heterocycles. The SMILES string of the molecule is O=C1C2=C(Nc3cc(Cl)ccc3N2)O[C@H]1c1ccccc1Cl. The van der Waals surface area contributed by atoms with Crippen LogP contribution in [0.5, 0.6) is 0 Å². The van der Waals surface area contributed by atoms with Crippen LogP contribution in [0.2, 0.25) is 10.0 Å². The molecular weight excluding hydrogens is 323 g/mol. The number of rotatable bonds is 1. The standard InChI is InChI=1S/C16H10Cl2N2O2/c17-8-5-6-11-12(7-8)20-16-13(19-11)14(21)15(22-16)9-3-1-2-4-10(9)18/h1-7,15,19-20H/t15-/m0/s1. The normalized spacial score (nSPS) is 19.0. The molecule has 4 rings (SSSR count). The van der Waals surface area contributed by atoms with Gasteiger partial charge in [0.25, 0.3) is 0 Å². The van der Waals surface area contributed by atoms with Gasteiger partial charge in [-0.3, -0.25) is 4.79 Å². The number of ether oxygens (including phenoxy) is 1. The Balaban J connectivity index is 1.69. The van der Waals surface area contributed by atoms with Crippen LogP contribution in [0.3, 0.4) is 0 Å². The van der Waals surface area contributed by atoms with Gasteiger partial charge in [-0.2, -0.15) is 0 Å². The minimum Gasteiger partial charge on any atom is -0.461 e. The number of carbonyl (C=O) groups is 1. The molecule has 6 heteroatoms. The fourth-order valence-corrected chi connectivity index (χ4v) is 2.97. The highest BCUT2D eigenvalue weighted by Gasteiger charge is 2.39. The Morgan fingerprint density at radius 2 is 1.82 bits per heavy atom. The van der Waals surface area contributed by atoms with Gasteiger partial charge in [0.15, 0.2) is 6.10 Å². The van der Waals surface area contributed by atoms with Crippen molar-refractivity contribution in [2.45, 2.75) is 6.10 Å². The lowest BCUT2D eigenvalue weighted by Gasteiger charge is -2.20. The van der Waals surface area contributed by atoms with Crippen molar-refractivity contribution in [3.05, 3.63) is 69.7 Å². The van der Waals surface area contributed by atoms with Crippen LogP contribution >= 0.6 is 23.2 Å². The molecule has 2 aromatic rings. The summed E-state index contributed by atoms with van der Waals surface area (Å²) in [6, 6.07) is 12.5. The number of anilines is 2. The number of halogens is 2. The van der Waals surface area contributed by atoms with Crippen molar-refractivity contribution in [1.29, 1.82) is 0 Å². The number of hydrogen-bond donors (Lipinski definition) is 2. The van der Waals surface area contributed by atoms with Gasteiger partial charge in [-0.05, 0) is 24.3 Å². The first-order chi connectivity index (χ1) is 10.6. The van der Waals surface area contributed by atoms with Crippen LogP contribution in [0.25, 0.3) is 0 Å². The molecule has 22 heavy (non-hydrogen) atoms. The maximum absolute atomic E-state index is 12.6. The first-order valence-corrected chi connectivity index (χ1v) is 7.42. The predicted octanol–water partition coefficient (Wildman–Crippen LogP) is 4.34. The molecule has 2 heterocycles. The van der Waals surface area contributed by atoms with Gasteiger partial charge in [0.05, 0.1) is 11.4 Å². The van der Waals surface area contributed by atoms with Crippen molar-refractivity contribution in [3.8, 4) is 0 Å². The first kappa shape index (κ1) is 13.5. The molecule has 2 aromatic carbocycles. The van der Waals surface area contributed by atoms with Gasteiger partial charge in [-0.15, -0.1) is 0 Å². The van der Waals surface area contributed by atoms with Gasteiger partial charge in [0.2, 0.25) is 11.7 Å². The lowest BCUT2D eigenvalue weighted by atomic mass is 10.0. The van der Waals surface area contributed by atoms with E-state index < -0.39 is 6.10 Å². The molecule has 0 amide bonds. The highest BCUT2D eigenvalue weighted by Crippen LogP contribution is 2.41. The number of carbonyl (C=O) groups excluding carboxylic acids is 1. The predicted molar refractivity (Wildman–Crippen MR) is 86.0 cm³/mol. The second kappa shape index (κ2) is 4.93. The minimum absolute atomic E-state index is 0.156. The molecule has 0 radical (unpaired) electrons. The van der Waals surface area contributed by atoms with Crippen LogP contribution in [-0.4, -0.2) is 5.78 Å². The summed E-state index contributed by atoms with van der Waals surface area (Å²) < 4.78 is 5.77. The molecule has 4 nitrogen and oxygen atoms in total. The van der Waals surface area contributed by atoms with Gasteiger partial charge in [-0.25, -0.2) is 0 Å². The van der Waals surface area contributed by atoms with Crippen LogP contribution in [-0.2, 0) is 9.53 Å². The summed E-state index contributed by atoms with van der Waals surface area (Å²) in [6.45, 7) is 0. The van der Waals surface area contributed by atoms with E-state index in [0.29, 0.717) is 27.2 Å². The van der Waals surface area contributed by atoms with Gasteiger partial charge in [-0.1, -0.05) is 41.4 Å². The summed E-state index contributed by atoms with van der Waals surface area (Å²) in [6.07, 6.45) is -0.747. The molecule has 2 N–H and O–H groups in total. The molecule has 0 aromatic heterocycles. The average molecular weight is 333 g/mol. The molecule has 0 saturated carbocycles. The number of ketones is 1. The number of hydrogen-bond acceptors (Lipinski definition) is 4. The van der Waals surface area contributed by atoms with Crippen LogP contribution in [0.1, 0.15) is 11.7 Å². The number of Topliss-reactive ketones (excluding diaryl/α,β-unsaturated/α-hetero) is 1. The summed E-state index contributed by atoms with van der Waals surface area (Å²) in [4.78, 5) is 12.6. The van der Waals surface area contributed by atoms with Gasteiger partial charge in [0.1, 0.15) is 5.70 Å². The van der Waals surface area contributed by atoms with Gasteiger partial charge >= 0.3 is 0 Å². The van der Waals surface area contributed by atoms with Crippen molar-refractivity contribution >= 4 is 40.4 Å². The molecule has 0 unspecified atom stereocenters. The van der Waals surface area contributed by atoms with E-state index in [4.69, 9.17) is 27.9 Å². The first-order valence-electron chi connectivity index (χ1n) is 6.66. The third-order valence-corrected chi connectivity index (χ3v) is 4.20. The highest BCUT2D eigenvalue weighted by atomic mass is 35.5. The van der Waals surface area contributed by atoms with Gasteiger partial charge < -0.3 is 15.4 Å². The van der Waals surface area contributed by atoms with Crippen LogP contribution in [0.4, 0.5) is 11.4 Å². The van der Waals surface area contributed by atoms with E-state index in [-0.39, 0.29) is 5.78 Å². The largest absolute Gasteiger partial charge is 0.461 e. The third-order valence-electron chi connectivity index (χ3n) is 3.62. The molecule has 0 spiro atoms. The molecule has 2 aliphatic rings. The van der Waals surface area contributed by atoms with Crippen molar-refractivity contribution in [2.75, 3.05) is 10.6 Å². The molecular formula is C16H10Cl2N2O2. The quantitative estimate of drug-likeness (QED) is 0.815. The average Bonchev–Trinajstić information content (AvgIpc) is 2.82. The molecule has 110 valence electrons. The Morgan fingerprint density at radius 3 is 2.64 bits per heavy atom. The second-order valence-corrected chi connectivity index (χ2v) is 5.87. The zero-order valence-electron chi connectivity index (χ0n) is 11.2. The zero-order chi connectivity index (χ0) is 15.3. The van der Waals surface area contributed by atoms with E-state index in [9.17, 15) is 4.79 Å². The van der Waals surface area contributed by atoms with Crippen molar-refractivity contribution in [1.82, 2.24) is 0 Å². The monoisotopic (exact) mass is 332 g/mol. The van der Waals surface area contributed by atoms with E-state index in [2.05, 4.69) is 10.6 Å². The molecule has 0 bridgehead atoms. The Morgan fingerprint density at radius 1 is 1.00 bits per heavy atom. The Kier molecular flexibility index (Phi) is 3.03. The zero-order valence-corrected chi connectivity index (χ0v) is 12.7. The Hall–Kier alpha value is -2.17. The maximum atomic E-state index is 12.6. The molecule has 1 atom stereocenters. The fourth-order valence-electron chi connectivity index (χ4n) is 2.56. The fraction of sp³-hybridized carbons (Fsp3) is 0.0625. The third kappa shape index (κ3) is 2.03. The molecule has 0 saturated heterocycles. The van der Waals surface area contributed by atoms with E-state index >= 15 is 0 Å². The van der Waals surface area contributed by atoms with Crippen molar-refractivity contribution < 1.29 is 9.53 Å². The van der Waals surface area contributed by atoms with Crippen molar-refractivity contribution in [3.63, 3.8) is 0 Å². The number of fused-ring (bicyclic) bond motifs is 1. The molecule has 0 fully saturated rings. The van der Waals surface area contributed by atoms with Crippen LogP contribution < -0.4 is 10.6 Å². The van der Waals surface area contributed by atoms with Gasteiger partial charge in [0, 0.05) is 15.6 Å². The van der Waals surface area contributed by atoms with E-state index in [1.165, 1.54) is 0 Å². The lowest BCUT2D eigenvalue weighted by molar-refractivity contribution is -0.121. The van der Waals surface area contributed by atoms with Crippen LogP contribution in [0, 0.1) is 0 Å². The summed E-state index contributed by atoms with van der Waals surface area (Å²) in [7, 11) is 0. The maximum Gasteiger partial charge on any atom is 0.229 e. The Bertz CT molecular complexity index is 833. The summed E-state index contributed by atoms with van der Waals surface area (Å²) in [5, 5.41) is 7.29. The summed E-state index contributed by atoms with van der Waals surface area (Å²) >= 11 is 12.2. The van der Waals surface area contributed by atoms with E-state index in [1.807, 2.05) is 18.2 Å². The Labute approximate surface area is 136 Å². The van der Waals surface area contributed by atoms with Crippen molar-refractivity contribution in [2.24, 2.45) is 0 Å². The summed E-state index contributed by atoms with van der Waals surface area (Å²) in [5.74, 6) is 0.237. The minimum atomic E-state index is -0.747. The summed E-state index contributed by atoms with van der Waals surface area (Å²) in [5.41, 5.74) is 2.59. The van der Waals surface area contributed by atoms with Crippen LogP contribution in [0.15, 0.2) is 54.0 Å². The highest BCUT2D eigenvalue weighted by molar-refractivity contribution is 6.32. The second-order valence-electron chi connectivity index (χ2n) is 5.03. The number of benzene rings is 2. The van der Waals surface area contributed by atoms with E-state index in [0.717, 1.165) is 11.4 Å². The smallest absolute Gasteiger partial charge is 0.229 e. The topological polar surface area (TPSA) is 50.4 Å². The van der Waals surface area contributed by atoms with E-state index in [1.54, 1.807) is 24.3 Å². The number of nitrogens with one attached hydrogen (secondary N) is 2. The lowest BCUT2D eigenvalue weighted by Crippen LogP contribution is -2.18.